The number of unbranched alkanes of at least 4 members (excludes halogenated alkanes) is 1. The van der Waals surface area contributed by atoms with Gasteiger partial charge in [0.05, 0.1) is 39.6 Å². The molecule has 12 nitrogen and oxygen atoms in total. The van der Waals surface area contributed by atoms with Crippen molar-refractivity contribution >= 4 is 23.6 Å². The van der Waals surface area contributed by atoms with Gasteiger partial charge in [-0.3, -0.25) is 19.2 Å². The van der Waals surface area contributed by atoms with E-state index in [1.54, 1.807) is 0 Å². The van der Waals surface area contributed by atoms with Crippen LogP contribution in [0.3, 0.4) is 0 Å². The van der Waals surface area contributed by atoms with Crippen molar-refractivity contribution < 1.29 is 38.1 Å². The van der Waals surface area contributed by atoms with Crippen molar-refractivity contribution in [1.29, 1.82) is 0 Å². The van der Waals surface area contributed by atoms with Crippen LogP contribution in [-0.2, 0) is 38.1 Å². The highest BCUT2D eigenvalue weighted by Crippen LogP contribution is 1.89. The van der Waals surface area contributed by atoms with Crippen LogP contribution in [0.5, 0.6) is 0 Å². The minimum atomic E-state index is -0.256. The maximum absolute atomic E-state index is 11.6. The quantitative estimate of drug-likeness (QED) is 0.135. The lowest BCUT2D eigenvalue weighted by Crippen LogP contribution is -2.32. The van der Waals surface area contributed by atoms with E-state index in [9.17, 15) is 19.2 Å². The summed E-state index contributed by atoms with van der Waals surface area (Å²) in [7, 11) is 0. The summed E-state index contributed by atoms with van der Waals surface area (Å²) in [5.74, 6) is -0.602. The van der Waals surface area contributed by atoms with Gasteiger partial charge in [0.1, 0.15) is 13.2 Å². The summed E-state index contributed by atoms with van der Waals surface area (Å²) in [5.41, 5.74) is 0. The molecule has 0 fully saturated rings. The van der Waals surface area contributed by atoms with Crippen molar-refractivity contribution in [2.45, 2.75) is 39.5 Å². The van der Waals surface area contributed by atoms with Crippen LogP contribution in [0.4, 0.5) is 0 Å². The second-order valence-electron chi connectivity index (χ2n) is 7.32. The lowest BCUT2D eigenvalue weighted by atomic mass is 10.3. The number of hydrogen-bond donors (Lipinski definition) is 4. The molecule has 0 aliphatic rings. The summed E-state index contributed by atoms with van der Waals surface area (Å²) in [6, 6.07) is 0. The van der Waals surface area contributed by atoms with E-state index in [-0.39, 0.29) is 50.1 Å². The second kappa shape index (κ2) is 23.9. The van der Waals surface area contributed by atoms with E-state index in [2.05, 4.69) is 28.2 Å². The van der Waals surface area contributed by atoms with Crippen LogP contribution in [-0.4, -0.2) is 103 Å². The Morgan fingerprint density at radius 3 is 1.59 bits per heavy atom. The van der Waals surface area contributed by atoms with Gasteiger partial charge in [-0.1, -0.05) is 13.3 Å². The van der Waals surface area contributed by atoms with E-state index in [4.69, 9.17) is 18.9 Å². The normalized spacial score (nSPS) is 10.5. The third-order valence-electron chi connectivity index (χ3n) is 4.15. The number of ether oxygens (including phenoxy) is 4. The monoisotopic (exact) mass is 490 g/mol. The zero-order valence-electron chi connectivity index (χ0n) is 20.6. The molecule has 0 aromatic heterocycles. The van der Waals surface area contributed by atoms with Crippen LogP contribution in [0, 0.1) is 0 Å². The molecule has 198 valence electrons. The van der Waals surface area contributed by atoms with Crippen LogP contribution >= 0.6 is 0 Å². The molecule has 4 N–H and O–H groups in total. The minimum Gasteiger partial charge on any atom is -0.377 e. The number of carbonyl (C=O) groups excluding carboxylic acids is 4. The molecule has 0 aromatic carbocycles. The molecular weight excluding hydrogens is 448 g/mol. The number of amides is 4. The number of rotatable bonds is 23. The molecule has 0 atom stereocenters. The Bertz CT molecular complexity index is 563. The summed E-state index contributed by atoms with van der Waals surface area (Å²) < 4.78 is 21.0. The van der Waals surface area contributed by atoms with Gasteiger partial charge in [0.2, 0.25) is 23.6 Å². The van der Waals surface area contributed by atoms with Crippen LogP contribution in [0.2, 0.25) is 0 Å². The van der Waals surface area contributed by atoms with Crippen molar-refractivity contribution in [2.75, 3.05) is 79.0 Å². The molecule has 0 saturated carbocycles. The summed E-state index contributed by atoms with van der Waals surface area (Å²) in [5, 5.41) is 10.8. The fourth-order valence-electron chi connectivity index (χ4n) is 2.40. The van der Waals surface area contributed by atoms with Crippen LogP contribution in [0.1, 0.15) is 39.5 Å². The average molecular weight is 491 g/mol. The lowest BCUT2D eigenvalue weighted by Gasteiger charge is -2.09. The maximum atomic E-state index is 11.6. The van der Waals surface area contributed by atoms with Gasteiger partial charge in [0, 0.05) is 39.5 Å². The number of carbonyl (C=O) groups is 4. The predicted molar refractivity (Wildman–Crippen MR) is 125 cm³/mol. The standard InChI is InChI=1S/C22H42N4O8/c1-3-4-7-24-20(28)6-5-8-25-21(29)17-33-16-14-32-12-10-26-22(30)18-34-15-13-31-11-9-23-19(2)27/h3-18H2,1-2H3,(H,23,27)(H,24,28)(H,25,29)(H,26,30). The Labute approximate surface area is 202 Å². The van der Waals surface area contributed by atoms with Crippen molar-refractivity contribution in [2.24, 2.45) is 0 Å². The van der Waals surface area contributed by atoms with E-state index < -0.39 is 0 Å². The summed E-state index contributed by atoms with van der Waals surface area (Å²) in [6.07, 6.45) is 2.97. The molecule has 0 bridgehead atoms. The molecule has 0 aliphatic heterocycles. The summed E-state index contributed by atoms with van der Waals surface area (Å²) in [4.78, 5) is 45.4. The van der Waals surface area contributed by atoms with E-state index >= 15 is 0 Å². The SMILES string of the molecule is CCCCNC(=O)CCCNC(=O)COCCOCCNC(=O)COCCOCCNC(C)=O. The van der Waals surface area contributed by atoms with Crippen molar-refractivity contribution in [3.05, 3.63) is 0 Å². The largest absolute Gasteiger partial charge is 0.377 e. The zero-order chi connectivity index (χ0) is 25.3. The third kappa shape index (κ3) is 24.4. The van der Waals surface area contributed by atoms with Gasteiger partial charge < -0.3 is 40.2 Å². The second-order valence-corrected chi connectivity index (χ2v) is 7.32. The first-order chi connectivity index (χ1) is 16.5. The molecule has 0 heterocycles. The van der Waals surface area contributed by atoms with Gasteiger partial charge in [-0.05, 0) is 12.8 Å². The predicted octanol–water partition coefficient (Wildman–Crippen LogP) is -0.882. The third-order valence-corrected chi connectivity index (χ3v) is 4.15. The van der Waals surface area contributed by atoms with E-state index in [1.807, 2.05) is 0 Å². The van der Waals surface area contributed by atoms with Crippen LogP contribution in [0.15, 0.2) is 0 Å². The lowest BCUT2D eigenvalue weighted by molar-refractivity contribution is -0.127. The smallest absolute Gasteiger partial charge is 0.246 e. The van der Waals surface area contributed by atoms with Gasteiger partial charge in [-0.15, -0.1) is 0 Å². The average Bonchev–Trinajstić information content (AvgIpc) is 2.80. The molecule has 0 unspecified atom stereocenters. The highest BCUT2D eigenvalue weighted by Gasteiger charge is 2.04. The van der Waals surface area contributed by atoms with Crippen LogP contribution < -0.4 is 21.3 Å². The molecule has 0 aromatic rings. The Balaban J connectivity index is 3.35. The van der Waals surface area contributed by atoms with Gasteiger partial charge in [-0.25, -0.2) is 0 Å². The Kier molecular flexibility index (Phi) is 22.3. The molecular formula is C22H42N4O8. The fraction of sp³-hybridized carbons (Fsp3) is 0.818. The highest BCUT2D eigenvalue weighted by molar-refractivity contribution is 5.78. The Morgan fingerprint density at radius 1 is 0.559 bits per heavy atom. The zero-order valence-corrected chi connectivity index (χ0v) is 20.6. The molecule has 12 heteroatoms. The van der Waals surface area contributed by atoms with Crippen molar-refractivity contribution in [1.82, 2.24) is 21.3 Å². The molecule has 0 radical (unpaired) electrons. The molecule has 0 rings (SSSR count). The van der Waals surface area contributed by atoms with E-state index in [0.717, 1.165) is 12.8 Å². The molecule has 34 heavy (non-hydrogen) atoms. The topological polar surface area (TPSA) is 153 Å². The van der Waals surface area contributed by atoms with Crippen molar-refractivity contribution in [3.63, 3.8) is 0 Å². The Morgan fingerprint density at radius 2 is 1.03 bits per heavy atom. The first-order valence-electron chi connectivity index (χ1n) is 11.8. The minimum absolute atomic E-state index is 0.000935. The molecule has 0 aliphatic carbocycles. The number of nitrogens with one attached hydrogen (secondary N) is 4. The number of hydrogen-bond acceptors (Lipinski definition) is 8. The van der Waals surface area contributed by atoms with Gasteiger partial charge in [-0.2, -0.15) is 0 Å². The first-order valence-corrected chi connectivity index (χ1v) is 11.8. The molecule has 4 amide bonds. The summed E-state index contributed by atoms with van der Waals surface area (Å²) >= 11 is 0. The van der Waals surface area contributed by atoms with E-state index in [0.29, 0.717) is 65.4 Å². The maximum Gasteiger partial charge on any atom is 0.246 e. The van der Waals surface area contributed by atoms with E-state index in [1.165, 1.54) is 6.92 Å². The van der Waals surface area contributed by atoms with Crippen molar-refractivity contribution in [3.8, 4) is 0 Å². The highest BCUT2D eigenvalue weighted by atomic mass is 16.5. The first kappa shape index (κ1) is 31.7. The van der Waals surface area contributed by atoms with Crippen LogP contribution in [0.25, 0.3) is 0 Å². The van der Waals surface area contributed by atoms with Gasteiger partial charge >= 0.3 is 0 Å². The van der Waals surface area contributed by atoms with Gasteiger partial charge in [0.15, 0.2) is 0 Å². The molecule has 0 saturated heterocycles. The van der Waals surface area contributed by atoms with Gasteiger partial charge in [0.25, 0.3) is 0 Å². The Hall–Kier alpha value is -2.28. The molecule has 0 spiro atoms. The fourth-order valence-corrected chi connectivity index (χ4v) is 2.40. The summed E-state index contributed by atoms with van der Waals surface area (Å²) in [6.45, 7) is 7.12.